The number of carbonyl (C=O) groups excluding carboxylic acids is 1. The molecule has 0 radical (unpaired) electrons. The molecule has 1 spiro atoms. The first-order valence-electron chi connectivity index (χ1n) is 8.20. The van der Waals surface area contributed by atoms with E-state index in [1.807, 2.05) is 0 Å². The molecule has 2 aliphatic heterocycles. The normalized spacial score (nSPS) is 34.1. The fourth-order valence-electron chi connectivity index (χ4n) is 4.52. The number of hydrogen-bond acceptors (Lipinski definition) is 2. The molecule has 108 valence electrons. The summed E-state index contributed by atoms with van der Waals surface area (Å²) >= 11 is 0. The molecule has 1 atom stereocenters. The fourth-order valence-corrected chi connectivity index (χ4v) is 4.52. The summed E-state index contributed by atoms with van der Waals surface area (Å²) in [4.78, 5) is 15.0. The number of hydrogen-bond donors (Lipinski definition) is 1. The van der Waals surface area contributed by atoms with E-state index in [2.05, 4.69) is 17.1 Å². The van der Waals surface area contributed by atoms with Crippen LogP contribution in [0, 0.1) is 10.8 Å². The molecular formula is C16H28N2O. The summed E-state index contributed by atoms with van der Waals surface area (Å²) in [6.07, 6.45) is 10.2. The molecule has 0 bridgehead atoms. The van der Waals surface area contributed by atoms with Crippen molar-refractivity contribution in [2.24, 2.45) is 10.8 Å². The van der Waals surface area contributed by atoms with Gasteiger partial charge in [0.05, 0.1) is 5.41 Å². The van der Waals surface area contributed by atoms with Crippen molar-refractivity contribution in [2.45, 2.75) is 58.3 Å². The molecule has 3 fully saturated rings. The van der Waals surface area contributed by atoms with Crippen LogP contribution in [0.25, 0.3) is 0 Å². The third kappa shape index (κ3) is 2.31. The van der Waals surface area contributed by atoms with Gasteiger partial charge in [0.1, 0.15) is 0 Å². The van der Waals surface area contributed by atoms with Crippen LogP contribution < -0.4 is 5.32 Å². The highest BCUT2D eigenvalue weighted by molar-refractivity contribution is 5.83. The van der Waals surface area contributed by atoms with E-state index in [0.29, 0.717) is 11.3 Å². The first-order chi connectivity index (χ1) is 9.20. The molecule has 1 N–H and O–H groups in total. The van der Waals surface area contributed by atoms with Crippen LogP contribution in [0.15, 0.2) is 0 Å². The van der Waals surface area contributed by atoms with Gasteiger partial charge in [0.25, 0.3) is 0 Å². The number of nitrogens with zero attached hydrogens (tertiary/aromatic N) is 1. The fraction of sp³-hybridized carbons (Fsp3) is 0.938. The first-order valence-corrected chi connectivity index (χ1v) is 8.20. The summed E-state index contributed by atoms with van der Waals surface area (Å²) in [7, 11) is 0. The van der Waals surface area contributed by atoms with Crippen molar-refractivity contribution in [3.8, 4) is 0 Å². The topological polar surface area (TPSA) is 32.3 Å². The van der Waals surface area contributed by atoms with Gasteiger partial charge in [-0.1, -0.05) is 19.8 Å². The largest absolute Gasteiger partial charge is 0.342 e. The second-order valence-corrected chi connectivity index (χ2v) is 7.06. The molecule has 1 unspecified atom stereocenters. The monoisotopic (exact) mass is 264 g/mol. The lowest BCUT2D eigenvalue weighted by Crippen LogP contribution is -2.49. The molecule has 2 heterocycles. The van der Waals surface area contributed by atoms with Gasteiger partial charge in [0.2, 0.25) is 5.91 Å². The number of amides is 1. The molecule has 1 saturated carbocycles. The molecule has 3 nitrogen and oxygen atoms in total. The second-order valence-electron chi connectivity index (χ2n) is 7.06. The van der Waals surface area contributed by atoms with E-state index in [9.17, 15) is 4.79 Å². The predicted octanol–water partition coefficient (Wildman–Crippen LogP) is 2.56. The molecule has 1 aliphatic carbocycles. The summed E-state index contributed by atoms with van der Waals surface area (Å²) in [6, 6.07) is 0. The van der Waals surface area contributed by atoms with E-state index >= 15 is 0 Å². The van der Waals surface area contributed by atoms with Crippen LogP contribution >= 0.6 is 0 Å². The van der Waals surface area contributed by atoms with Crippen LogP contribution in [0.4, 0.5) is 0 Å². The Morgan fingerprint density at radius 3 is 2.32 bits per heavy atom. The lowest BCUT2D eigenvalue weighted by molar-refractivity contribution is -0.143. The molecular weight excluding hydrogens is 236 g/mol. The standard InChI is InChI=1S/C16H28N2O/c1-2-16(7-10-17-13-16)14(19)18-11-8-15(9-12-18)5-3-4-6-15/h17H,2-13H2,1H3. The van der Waals surface area contributed by atoms with Crippen molar-refractivity contribution in [1.82, 2.24) is 10.2 Å². The van der Waals surface area contributed by atoms with Gasteiger partial charge in [-0.25, -0.2) is 0 Å². The van der Waals surface area contributed by atoms with Crippen LogP contribution in [0.1, 0.15) is 58.3 Å². The van der Waals surface area contributed by atoms with Crippen LogP contribution in [0.2, 0.25) is 0 Å². The van der Waals surface area contributed by atoms with Crippen LogP contribution in [0.5, 0.6) is 0 Å². The van der Waals surface area contributed by atoms with Gasteiger partial charge < -0.3 is 10.2 Å². The second kappa shape index (κ2) is 5.08. The van der Waals surface area contributed by atoms with Crippen LogP contribution in [-0.4, -0.2) is 37.0 Å². The van der Waals surface area contributed by atoms with Crippen molar-refractivity contribution in [3.05, 3.63) is 0 Å². The van der Waals surface area contributed by atoms with E-state index < -0.39 is 0 Å². The van der Waals surface area contributed by atoms with E-state index in [1.165, 1.54) is 38.5 Å². The molecule has 0 aromatic carbocycles. The first kappa shape index (κ1) is 13.4. The van der Waals surface area contributed by atoms with Gasteiger partial charge in [-0.15, -0.1) is 0 Å². The maximum absolute atomic E-state index is 12.8. The van der Waals surface area contributed by atoms with E-state index in [1.54, 1.807) is 0 Å². The molecule has 3 heteroatoms. The average Bonchev–Trinajstić information content (AvgIpc) is 3.09. The zero-order valence-corrected chi connectivity index (χ0v) is 12.3. The van der Waals surface area contributed by atoms with Gasteiger partial charge in [0.15, 0.2) is 0 Å². The summed E-state index contributed by atoms with van der Waals surface area (Å²) in [6.45, 7) is 6.11. The Morgan fingerprint density at radius 2 is 1.79 bits per heavy atom. The third-order valence-corrected chi connectivity index (χ3v) is 6.15. The smallest absolute Gasteiger partial charge is 0.230 e. The molecule has 0 aromatic rings. The molecule has 3 rings (SSSR count). The van der Waals surface area contributed by atoms with E-state index in [-0.39, 0.29) is 5.41 Å². The van der Waals surface area contributed by atoms with E-state index in [4.69, 9.17) is 0 Å². The van der Waals surface area contributed by atoms with Gasteiger partial charge in [-0.3, -0.25) is 4.79 Å². The quantitative estimate of drug-likeness (QED) is 0.831. The SMILES string of the molecule is CCC1(C(=O)N2CCC3(CCCC3)CC2)CCNC1. The van der Waals surface area contributed by atoms with Gasteiger partial charge in [0, 0.05) is 19.6 Å². The van der Waals surface area contributed by atoms with Gasteiger partial charge in [-0.2, -0.15) is 0 Å². The van der Waals surface area contributed by atoms with Gasteiger partial charge >= 0.3 is 0 Å². The summed E-state index contributed by atoms with van der Waals surface area (Å²) < 4.78 is 0. The average molecular weight is 264 g/mol. The van der Waals surface area contributed by atoms with Gasteiger partial charge in [-0.05, 0) is 50.5 Å². The number of carbonyl (C=O) groups is 1. The number of nitrogens with one attached hydrogen (secondary N) is 1. The molecule has 3 aliphatic rings. The summed E-state index contributed by atoms with van der Waals surface area (Å²) in [5, 5.41) is 3.39. The maximum atomic E-state index is 12.8. The minimum atomic E-state index is -0.0832. The van der Waals surface area contributed by atoms with Crippen LogP contribution in [-0.2, 0) is 4.79 Å². The van der Waals surface area contributed by atoms with Crippen molar-refractivity contribution in [2.75, 3.05) is 26.2 Å². The minimum Gasteiger partial charge on any atom is -0.342 e. The Bertz CT molecular complexity index is 331. The lowest BCUT2D eigenvalue weighted by Gasteiger charge is -2.42. The third-order valence-electron chi connectivity index (χ3n) is 6.15. The zero-order valence-electron chi connectivity index (χ0n) is 12.3. The van der Waals surface area contributed by atoms with Crippen molar-refractivity contribution in [1.29, 1.82) is 0 Å². The lowest BCUT2D eigenvalue weighted by atomic mass is 9.75. The number of rotatable bonds is 2. The Hall–Kier alpha value is -0.570. The Balaban J connectivity index is 1.63. The molecule has 1 amide bonds. The minimum absolute atomic E-state index is 0.0832. The Morgan fingerprint density at radius 1 is 1.11 bits per heavy atom. The number of likely N-dealkylation sites (tertiary alicyclic amines) is 1. The predicted molar refractivity (Wildman–Crippen MR) is 76.9 cm³/mol. The highest BCUT2D eigenvalue weighted by Gasteiger charge is 2.45. The Labute approximate surface area is 117 Å². The number of piperidine rings is 1. The molecule has 0 aromatic heterocycles. The highest BCUT2D eigenvalue weighted by atomic mass is 16.2. The van der Waals surface area contributed by atoms with Crippen molar-refractivity contribution >= 4 is 5.91 Å². The van der Waals surface area contributed by atoms with Crippen molar-refractivity contribution < 1.29 is 4.79 Å². The zero-order chi connectivity index (χ0) is 13.3. The highest BCUT2D eigenvalue weighted by Crippen LogP contribution is 2.46. The summed E-state index contributed by atoms with van der Waals surface area (Å²) in [5.41, 5.74) is 0.532. The summed E-state index contributed by atoms with van der Waals surface area (Å²) in [5.74, 6) is 0.438. The molecule has 19 heavy (non-hydrogen) atoms. The maximum Gasteiger partial charge on any atom is 0.230 e. The molecule has 2 saturated heterocycles. The Kier molecular flexibility index (Phi) is 3.59. The van der Waals surface area contributed by atoms with Crippen molar-refractivity contribution in [3.63, 3.8) is 0 Å². The van der Waals surface area contributed by atoms with Crippen LogP contribution in [0.3, 0.4) is 0 Å². The van der Waals surface area contributed by atoms with E-state index in [0.717, 1.165) is 39.0 Å².